The molecule has 1 fully saturated rings. The normalized spacial score (nSPS) is 15.6. The number of aliphatic carboxylic acids is 1. The van der Waals surface area contributed by atoms with Gasteiger partial charge in [-0.2, -0.15) is 0 Å². The van der Waals surface area contributed by atoms with E-state index in [4.69, 9.17) is 14.6 Å². The number of ether oxygens (including phenoxy) is 2. The van der Waals surface area contributed by atoms with Crippen LogP contribution in [0, 0.1) is 5.92 Å². The van der Waals surface area contributed by atoms with Crippen molar-refractivity contribution < 1.29 is 24.2 Å². The number of carboxylic acid groups (broad SMARTS) is 1. The van der Waals surface area contributed by atoms with Gasteiger partial charge in [0.15, 0.2) is 6.61 Å². The van der Waals surface area contributed by atoms with E-state index < -0.39 is 5.97 Å². The van der Waals surface area contributed by atoms with Crippen LogP contribution in [0.5, 0.6) is 11.5 Å². The fourth-order valence-electron chi connectivity index (χ4n) is 2.30. The van der Waals surface area contributed by atoms with Crippen molar-refractivity contribution in [2.75, 3.05) is 26.8 Å². The number of hydrogen-bond donors (Lipinski definition) is 1. The van der Waals surface area contributed by atoms with Gasteiger partial charge in [0.05, 0.1) is 13.0 Å². The topological polar surface area (TPSA) is 76.1 Å². The van der Waals surface area contributed by atoms with Gasteiger partial charge in [-0.25, -0.2) is 0 Å². The Kier molecular flexibility index (Phi) is 5.03. The lowest BCUT2D eigenvalue weighted by atomic mass is 9.97. The van der Waals surface area contributed by atoms with E-state index in [-0.39, 0.29) is 18.4 Å². The summed E-state index contributed by atoms with van der Waals surface area (Å²) in [7, 11) is 1.57. The highest BCUT2D eigenvalue weighted by atomic mass is 16.5. The number of benzene rings is 1. The molecule has 1 heterocycles. The molecule has 0 aliphatic carbocycles. The number of amides is 1. The zero-order valence-electron chi connectivity index (χ0n) is 11.9. The van der Waals surface area contributed by atoms with Gasteiger partial charge in [0, 0.05) is 19.2 Å². The van der Waals surface area contributed by atoms with Crippen molar-refractivity contribution in [2.24, 2.45) is 5.92 Å². The first-order chi connectivity index (χ1) is 10.1. The van der Waals surface area contributed by atoms with Crippen molar-refractivity contribution in [1.82, 2.24) is 4.90 Å². The lowest BCUT2D eigenvalue weighted by Crippen LogP contribution is -2.42. The zero-order valence-corrected chi connectivity index (χ0v) is 11.9. The molecule has 6 heteroatoms. The lowest BCUT2D eigenvalue weighted by Gasteiger charge is -2.30. The minimum atomic E-state index is -0.783. The number of hydrogen-bond acceptors (Lipinski definition) is 4. The first kappa shape index (κ1) is 15.2. The summed E-state index contributed by atoms with van der Waals surface area (Å²) in [6.45, 7) is 0.888. The van der Waals surface area contributed by atoms with Gasteiger partial charge in [-0.05, 0) is 25.0 Å². The molecule has 1 N–H and O–H groups in total. The van der Waals surface area contributed by atoms with Gasteiger partial charge in [-0.1, -0.05) is 6.07 Å². The molecule has 1 saturated heterocycles. The Labute approximate surface area is 123 Å². The summed E-state index contributed by atoms with van der Waals surface area (Å²) in [5.41, 5.74) is 0. The van der Waals surface area contributed by atoms with Crippen LogP contribution in [0.4, 0.5) is 0 Å². The number of nitrogens with zero attached hydrogens (tertiary/aromatic N) is 1. The lowest BCUT2D eigenvalue weighted by molar-refractivity contribution is -0.146. The summed E-state index contributed by atoms with van der Waals surface area (Å²) in [5.74, 6) is -0.00455. The summed E-state index contributed by atoms with van der Waals surface area (Å²) >= 11 is 0. The SMILES string of the molecule is COc1cccc(OCC(=O)N2CCC(C(=O)O)CC2)c1. The number of methoxy groups -OCH3 is 1. The van der Waals surface area contributed by atoms with E-state index in [0.29, 0.717) is 37.4 Å². The number of rotatable bonds is 5. The maximum absolute atomic E-state index is 12.0. The fraction of sp³-hybridized carbons (Fsp3) is 0.467. The minimum absolute atomic E-state index is 0.0507. The van der Waals surface area contributed by atoms with Crippen LogP contribution in [0.2, 0.25) is 0 Å². The van der Waals surface area contributed by atoms with Gasteiger partial charge in [-0.3, -0.25) is 9.59 Å². The highest BCUT2D eigenvalue weighted by molar-refractivity contribution is 5.78. The van der Waals surface area contributed by atoms with Gasteiger partial charge >= 0.3 is 5.97 Å². The predicted octanol–water partition coefficient (Wildman–Crippen LogP) is 1.40. The van der Waals surface area contributed by atoms with Crippen molar-refractivity contribution in [3.8, 4) is 11.5 Å². The number of carbonyl (C=O) groups excluding carboxylic acids is 1. The third-order valence-electron chi connectivity index (χ3n) is 3.60. The quantitative estimate of drug-likeness (QED) is 0.888. The molecule has 0 aromatic heterocycles. The molecule has 0 spiro atoms. The van der Waals surface area contributed by atoms with Crippen molar-refractivity contribution in [3.05, 3.63) is 24.3 Å². The first-order valence-corrected chi connectivity index (χ1v) is 6.87. The Morgan fingerprint density at radius 2 is 1.95 bits per heavy atom. The molecule has 1 aromatic carbocycles. The van der Waals surface area contributed by atoms with Crippen LogP contribution < -0.4 is 9.47 Å². The Hall–Kier alpha value is -2.24. The summed E-state index contributed by atoms with van der Waals surface area (Å²) in [4.78, 5) is 24.5. The molecule has 1 amide bonds. The average Bonchev–Trinajstić information content (AvgIpc) is 2.53. The molecule has 114 valence electrons. The van der Waals surface area contributed by atoms with E-state index in [2.05, 4.69) is 0 Å². The van der Waals surface area contributed by atoms with E-state index in [1.807, 2.05) is 0 Å². The molecule has 0 saturated carbocycles. The Balaban J connectivity index is 1.81. The molecule has 0 atom stereocenters. The highest BCUT2D eigenvalue weighted by Crippen LogP contribution is 2.20. The second-order valence-corrected chi connectivity index (χ2v) is 4.96. The van der Waals surface area contributed by atoms with Gasteiger partial charge in [-0.15, -0.1) is 0 Å². The molecule has 1 aliphatic heterocycles. The molecular formula is C15H19NO5. The number of likely N-dealkylation sites (tertiary alicyclic amines) is 1. The van der Waals surface area contributed by atoms with E-state index >= 15 is 0 Å². The second kappa shape index (κ2) is 6.97. The summed E-state index contributed by atoms with van der Waals surface area (Å²) < 4.78 is 10.5. The molecule has 1 aromatic rings. The maximum Gasteiger partial charge on any atom is 0.306 e. The number of piperidine rings is 1. The molecule has 1 aliphatic rings. The molecule has 21 heavy (non-hydrogen) atoms. The third kappa shape index (κ3) is 4.11. The van der Waals surface area contributed by atoms with E-state index in [0.717, 1.165) is 0 Å². The van der Waals surface area contributed by atoms with Gasteiger partial charge in [0.2, 0.25) is 0 Å². The largest absolute Gasteiger partial charge is 0.497 e. The maximum atomic E-state index is 12.0. The number of carbonyl (C=O) groups is 2. The highest BCUT2D eigenvalue weighted by Gasteiger charge is 2.26. The number of carboxylic acids is 1. The molecule has 0 unspecified atom stereocenters. The van der Waals surface area contributed by atoms with Crippen LogP contribution >= 0.6 is 0 Å². The summed E-state index contributed by atoms with van der Waals surface area (Å²) in [6.07, 6.45) is 1.00. The van der Waals surface area contributed by atoms with Gasteiger partial charge in [0.25, 0.3) is 5.91 Å². The second-order valence-electron chi connectivity index (χ2n) is 4.96. The van der Waals surface area contributed by atoms with Crippen LogP contribution in [0.1, 0.15) is 12.8 Å². The van der Waals surface area contributed by atoms with E-state index in [1.54, 1.807) is 36.3 Å². The van der Waals surface area contributed by atoms with E-state index in [1.165, 1.54) is 0 Å². The van der Waals surface area contributed by atoms with Crippen molar-refractivity contribution in [3.63, 3.8) is 0 Å². The van der Waals surface area contributed by atoms with Crippen LogP contribution in [0.15, 0.2) is 24.3 Å². The van der Waals surface area contributed by atoms with Crippen LogP contribution in [0.3, 0.4) is 0 Å². The van der Waals surface area contributed by atoms with Crippen molar-refractivity contribution in [1.29, 1.82) is 0 Å². The fourth-order valence-corrected chi connectivity index (χ4v) is 2.30. The molecule has 0 radical (unpaired) electrons. The zero-order chi connectivity index (χ0) is 15.2. The average molecular weight is 293 g/mol. The molecular weight excluding hydrogens is 274 g/mol. The Morgan fingerprint density at radius 1 is 1.29 bits per heavy atom. The molecule has 2 rings (SSSR count). The Morgan fingerprint density at radius 3 is 2.57 bits per heavy atom. The monoisotopic (exact) mass is 293 g/mol. The van der Waals surface area contributed by atoms with E-state index in [9.17, 15) is 9.59 Å². The van der Waals surface area contributed by atoms with Crippen molar-refractivity contribution in [2.45, 2.75) is 12.8 Å². The van der Waals surface area contributed by atoms with Gasteiger partial charge in [0.1, 0.15) is 11.5 Å². The smallest absolute Gasteiger partial charge is 0.306 e. The predicted molar refractivity (Wildman–Crippen MR) is 75.4 cm³/mol. The molecule has 0 bridgehead atoms. The van der Waals surface area contributed by atoms with Gasteiger partial charge < -0.3 is 19.5 Å². The third-order valence-corrected chi connectivity index (χ3v) is 3.60. The van der Waals surface area contributed by atoms with Crippen LogP contribution in [-0.4, -0.2) is 48.7 Å². The minimum Gasteiger partial charge on any atom is -0.497 e. The van der Waals surface area contributed by atoms with Crippen molar-refractivity contribution >= 4 is 11.9 Å². The molecule has 6 nitrogen and oxygen atoms in total. The summed E-state index contributed by atoms with van der Waals surface area (Å²) in [6, 6.07) is 7.05. The Bertz CT molecular complexity index is 509. The first-order valence-electron chi connectivity index (χ1n) is 6.87. The van der Waals surface area contributed by atoms with Crippen LogP contribution in [-0.2, 0) is 9.59 Å². The van der Waals surface area contributed by atoms with Crippen LogP contribution in [0.25, 0.3) is 0 Å². The standard InChI is InChI=1S/C15H19NO5/c1-20-12-3-2-4-13(9-12)21-10-14(17)16-7-5-11(6-8-16)15(18)19/h2-4,9,11H,5-8,10H2,1H3,(H,18,19). The summed E-state index contributed by atoms with van der Waals surface area (Å²) in [5, 5.41) is 8.92.